The third-order valence-electron chi connectivity index (χ3n) is 9.15. The molecule has 11 heteroatoms. The minimum absolute atomic E-state index is 0.0146. The number of halogens is 1. The average molecular weight is 587 g/mol. The maximum atomic E-state index is 13.5. The summed E-state index contributed by atoms with van der Waals surface area (Å²) in [4.78, 5) is 26.6. The van der Waals surface area contributed by atoms with Crippen LogP contribution >= 0.6 is 0 Å². The van der Waals surface area contributed by atoms with Gasteiger partial charge in [-0.1, -0.05) is 18.6 Å². The van der Waals surface area contributed by atoms with Crippen LogP contribution in [0, 0.1) is 18.7 Å². The molecule has 9 nitrogen and oxygen atoms in total. The van der Waals surface area contributed by atoms with Crippen LogP contribution in [0.3, 0.4) is 0 Å². The van der Waals surface area contributed by atoms with Crippen molar-refractivity contribution in [1.29, 1.82) is 0 Å². The van der Waals surface area contributed by atoms with E-state index < -0.39 is 10.0 Å². The molecule has 1 amide bonds. The predicted octanol–water partition coefficient (Wildman–Crippen LogP) is 3.93. The molecule has 1 saturated carbocycles. The Kier molecular flexibility index (Phi) is 9.56. The smallest absolute Gasteiger partial charge is 0.272 e. The lowest BCUT2D eigenvalue weighted by Crippen LogP contribution is -2.51. The van der Waals surface area contributed by atoms with Crippen LogP contribution in [-0.2, 0) is 10.0 Å². The van der Waals surface area contributed by atoms with Crippen molar-refractivity contribution in [3.63, 3.8) is 0 Å². The van der Waals surface area contributed by atoms with E-state index in [9.17, 15) is 17.6 Å². The van der Waals surface area contributed by atoms with Gasteiger partial charge in [-0.3, -0.25) is 4.79 Å². The maximum Gasteiger partial charge on any atom is 0.272 e. The summed E-state index contributed by atoms with van der Waals surface area (Å²) in [7, 11) is -3.18. The number of hydrogen-bond donors (Lipinski definition) is 2. The Bertz CT molecular complexity index is 1290. The molecule has 41 heavy (non-hydrogen) atoms. The highest BCUT2D eigenvalue weighted by Gasteiger charge is 2.32. The van der Waals surface area contributed by atoms with Gasteiger partial charge in [0, 0.05) is 37.3 Å². The van der Waals surface area contributed by atoms with Gasteiger partial charge in [0.1, 0.15) is 23.7 Å². The van der Waals surface area contributed by atoms with Gasteiger partial charge in [-0.25, -0.2) is 27.5 Å². The zero-order chi connectivity index (χ0) is 29.0. The number of rotatable bonds is 8. The Morgan fingerprint density at radius 3 is 2.39 bits per heavy atom. The molecule has 0 bridgehead atoms. The molecule has 1 aromatic heterocycles. The van der Waals surface area contributed by atoms with Crippen LogP contribution < -0.4 is 10.0 Å². The fourth-order valence-electron chi connectivity index (χ4n) is 6.87. The average Bonchev–Trinajstić information content (AvgIpc) is 2.96. The van der Waals surface area contributed by atoms with E-state index in [0.717, 1.165) is 76.6 Å². The maximum absolute atomic E-state index is 13.5. The zero-order valence-corrected chi connectivity index (χ0v) is 25.0. The van der Waals surface area contributed by atoms with Crippen molar-refractivity contribution in [1.82, 2.24) is 24.5 Å². The Balaban J connectivity index is 1.11. The molecule has 1 aliphatic carbocycles. The van der Waals surface area contributed by atoms with Crippen LogP contribution in [0.2, 0.25) is 0 Å². The van der Waals surface area contributed by atoms with E-state index in [1.54, 1.807) is 12.1 Å². The molecule has 2 aliphatic heterocycles. The van der Waals surface area contributed by atoms with Crippen molar-refractivity contribution >= 4 is 21.7 Å². The van der Waals surface area contributed by atoms with Crippen molar-refractivity contribution in [2.45, 2.75) is 76.3 Å². The van der Waals surface area contributed by atoms with Gasteiger partial charge in [0.25, 0.3) is 5.91 Å². The highest BCUT2D eigenvalue weighted by Crippen LogP contribution is 2.36. The number of hydrogen-bond acceptors (Lipinski definition) is 7. The predicted molar refractivity (Wildman–Crippen MR) is 158 cm³/mol. The van der Waals surface area contributed by atoms with E-state index in [4.69, 9.17) is 0 Å². The van der Waals surface area contributed by atoms with Crippen molar-refractivity contribution in [3.8, 4) is 0 Å². The molecule has 2 N–H and O–H groups in total. The molecule has 5 rings (SSSR count). The van der Waals surface area contributed by atoms with Crippen LogP contribution in [0.25, 0.3) is 0 Å². The normalized spacial score (nSPS) is 23.4. The van der Waals surface area contributed by atoms with E-state index in [1.807, 2.05) is 24.0 Å². The minimum Gasteiger partial charge on any atom is -0.369 e. The summed E-state index contributed by atoms with van der Waals surface area (Å²) in [5.74, 6) is 1.40. The number of piperidine rings is 2. The van der Waals surface area contributed by atoms with Crippen molar-refractivity contribution in [2.75, 3.05) is 44.3 Å². The number of nitrogens with zero attached hydrogens (tertiary/aromatic N) is 4. The molecule has 224 valence electrons. The molecule has 2 saturated heterocycles. The Hall–Kier alpha value is -2.63. The number of likely N-dealkylation sites (tertiary alicyclic amines) is 2. The Morgan fingerprint density at radius 1 is 1.00 bits per heavy atom. The summed E-state index contributed by atoms with van der Waals surface area (Å²) in [6.07, 6.45) is 10.6. The summed E-state index contributed by atoms with van der Waals surface area (Å²) < 4.78 is 39.2. The first-order chi connectivity index (χ1) is 19.7. The highest BCUT2D eigenvalue weighted by atomic mass is 32.2. The van der Waals surface area contributed by atoms with Gasteiger partial charge in [0.15, 0.2) is 0 Å². The Morgan fingerprint density at radius 2 is 1.71 bits per heavy atom. The van der Waals surface area contributed by atoms with Gasteiger partial charge in [0.05, 0.1) is 6.26 Å². The lowest BCUT2D eigenvalue weighted by atomic mass is 9.78. The third kappa shape index (κ3) is 7.81. The van der Waals surface area contributed by atoms with Gasteiger partial charge in [-0.15, -0.1) is 0 Å². The number of amides is 1. The topological polar surface area (TPSA) is 108 Å². The van der Waals surface area contributed by atoms with Crippen molar-refractivity contribution in [2.24, 2.45) is 5.92 Å². The van der Waals surface area contributed by atoms with Gasteiger partial charge in [-0.2, -0.15) is 0 Å². The van der Waals surface area contributed by atoms with Gasteiger partial charge in [-0.05, 0) is 94.5 Å². The molecule has 2 aromatic rings. The lowest BCUT2D eigenvalue weighted by Gasteiger charge is -2.41. The first-order valence-corrected chi connectivity index (χ1v) is 16.9. The second-order valence-corrected chi connectivity index (χ2v) is 13.9. The number of aromatic nitrogens is 2. The van der Waals surface area contributed by atoms with Gasteiger partial charge >= 0.3 is 0 Å². The summed E-state index contributed by atoms with van der Waals surface area (Å²) in [5, 5.41) is 3.50. The zero-order valence-electron chi connectivity index (χ0n) is 24.2. The highest BCUT2D eigenvalue weighted by molar-refractivity contribution is 7.88. The van der Waals surface area contributed by atoms with E-state index in [1.165, 1.54) is 18.1 Å². The number of anilines is 1. The monoisotopic (exact) mass is 586 g/mol. The number of benzene rings is 1. The van der Waals surface area contributed by atoms with Crippen molar-refractivity contribution in [3.05, 3.63) is 53.2 Å². The third-order valence-corrected chi connectivity index (χ3v) is 9.91. The molecular formula is C30H43FN6O3S. The second-order valence-electron chi connectivity index (χ2n) is 12.1. The lowest BCUT2D eigenvalue weighted by molar-refractivity contribution is 0.0570. The van der Waals surface area contributed by atoms with E-state index >= 15 is 0 Å². The largest absolute Gasteiger partial charge is 0.369 e. The standard InChI is InChI=1S/C30H43FN6O3S/c1-21-28(30(38)37-16-12-27(13-17-37)36-14-10-26(11-15-36)35-41(2,39)40)33-20-34-29(21)32-19-22-4-3-5-24(18-22)23-6-8-25(31)9-7-23/h6-9,20,22,24,26-27,35H,3-5,10-19H2,1-2H3,(H,32,33,34). The first-order valence-electron chi connectivity index (χ1n) is 15.0. The number of carbonyl (C=O) groups excluding carboxylic acids is 1. The fraction of sp³-hybridized carbons (Fsp3) is 0.633. The molecule has 1 aromatic carbocycles. The van der Waals surface area contributed by atoms with E-state index in [-0.39, 0.29) is 17.8 Å². The quantitative estimate of drug-likeness (QED) is 0.483. The van der Waals surface area contributed by atoms with Crippen LogP contribution in [-0.4, -0.2) is 85.2 Å². The molecular weight excluding hydrogens is 543 g/mol. The SMILES string of the molecule is Cc1c(NCC2CCCC(c3ccc(F)cc3)C2)ncnc1C(=O)N1CCC(N2CCC(NS(C)(=O)=O)CC2)CC1. The van der Waals surface area contributed by atoms with Crippen LogP contribution in [0.1, 0.15) is 78.9 Å². The van der Waals surface area contributed by atoms with Gasteiger partial charge in [0.2, 0.25) is 10.0 Å². The number of nitrogens with one attached hydrogen (secondary N) is 2. The number of sulfonamides is 1. The Labute approximate surface area is 243 Å². The van der Waals surface area contributed by atoms with Crippen molar-refractivity contribution < 1.29 is 17.6 Å². The van der Waals surface area contributed by atoms with E-state index in [0.29, 0.717) is 42.5 Å². The second kappa shape index (κ2) is 13.1. The summed E-state index contributed by atoms with van der Waals surface area (Å²) >= 11 is 0. The summed E-state index contributed by atoms with van der Waals surface area (Å²) in [6, 6.07) is 7.34. The molecule has 2 atom stereocenters. The fourth-order valence-corrected chi connectivity index (χ4v) is 7.71. The molecule has 0 spiro atoms. The van der Waals surface area contributed by atoms with Crippen LogP contribution in [0.4, 0.5) is 10.2 Å². The van der Waals surface area contributed by atoms with Crippen LogP contribution in [0.5, 0.6) is 0 Å². The van der Waals surface area contributed by atoms with Gasteiger partial charge < -0.3 is 15.1 Å². The number of carbonyl (C=O) groups is 1. The minimum atomic E-state index is -3.18. The van der Waals surface area contributed by atoms with Crippen LogP contribution in [0.15, 0.2) is 30.6 Å². The summed E-state index contributed by atoms with van der Waals surface area (Å²) in [5.41, 5.74) is 2.45. The molecule has 2 unspecified atom stereocenters. The molecule has 3 fully saturated rings. The molecule has 3 aliphatic rings. The molecule has 3 heterocycles. The molecule has 0 radical (unpaired) electrons. The first kappa shape index (κ1) is 29.8. The van der Waals surface area contributed by atoms with E-state index in [2.05, 4.69) is 24.9 Å². The summed E-state index contributed by atoms with van der Waals surface area (Å²) in [6.45, 7) is 5.81.